The highest BCUT2D eigenvalue weighted by Gasteiger charge is 2.64. The molecule has 1 unspecified atom stereocenters. The van der Waals surface area contributed by atoms with Gasteiger partial charge in [0.05, 0.1) is 4.70 Å². The van der Waals surface area contributed by atoms with Crippen molar-refractivity contribution in [3.05, 3.63) is 52.6 Å². The maximum absolute atomic E-state index is 6.44. The van der Waals surface area contributed by atoms with Crippen LogP contribution in [0.5, 0.6) is 0 Å². The molecule has 1 atom stereocenters. The van der Waals surface area contributed by atoms with Crippen LogP contribution in [-0.4, -0.2) is 0 Å². The van der Waals surface area contributed by atoms with Gasteiger partial charge in [-0.25, -0.2) is 0 Å². The molecule has 0 N–H and O–H groups in total. The molecule has 1 aromatic carbocycles. The van der Waals surface area contributed by atoms with Crippen molar-refractivity contribution in [2.45, 2.75) is 52.1 Å². The molecule has 0 spiro atoms. The predicted molar refractivity (Wildman–Crippen MR) is 101 cm³/mol. The molecule has 0 bridgehead atoms. The van der Waals surface area contributed by atoms with Crippen LogP contribution < -0.4 is 4.90 Å². The van der Waals surface area contributed by atoms with E-state index in [1.165, 1.54) is 27.3 Å². The molecule has 5 rings (SSSR count). The predicted octanol–water partition coefficient (Wildman–Crippen LogP) is 6.05. The van der Waals surface area contributed by atoms with Gasteiger partial charge in [0.2, 0.25) is 0 Å². The summed E-state index contributed by atoms with van der Waals surface area (Å²) in [5, 5.41) is 2.14. The molecule has 3 aromatic rings. The monoisotopic (exact) mass is 337 g/mol. The van der Waals surface area contributed by atoms with Crippen molar-refractivity contribution in [3.63, 3.8) is 0 Å². The number of fused-ring (bicyclic) bond motifs is 7. The Morgan fingerprint density at radius 1 is 1.04 bits per heavy atom. The van der Waals surface area contributed by atoms with E-state index in [9.17, 15) is 0 Å². The van der Waals surface area contributed by atoms with Gasteiger partial charge in [-0.3, -0.25) is 0 Å². The fourth-order valence-corrected chi connectivity index (χ4v) is 5.83. The van der Waals surface area contributed by atoms with Gasteiger partial charge in [-0.1, -0.05) is 45.9 Å². The SMILES string of the molecule is CC1(C)c2ccccc2N2Cc3c(oc4ccsc34)C2(C)C1(C)C. The van der Waals surface area contributed by atoms with Crippen molar-refractivity contribution in [2.24, 2.45) is 5.41 Å². The third-order valence-corrected chi connectivity index (χ3v) is 8.29. The van der Waals surface area contributed by atoms with Crippen molar-refractivity contribution in [1.82, 2.24) is 0 Å². The van der Waals surface area contributed by atoms with Gasteiger partial charge in [-0.2, -0.15) is 0 Å². The summed E-state index contributed by atoms with van der Waals surface area (Å²) in [6.07, 6.45) is 0. The van der Waals surface area contributed by atoms with Gasteiger partial charge in [-0.15, -0.1) is 11.3 Å². The average Bonchev–Trinajstić information content (AvgIpc) is 3.19. The van der Waals surface area contributed by atoms with Gasteiger partial charge in [0.25, 0.3) is 0 Å². The van der Waals surface area contributed by atoms with Crippen LogP contribution in [0, 0.1) is 5.41 Å². The Balaban J connectivity index is 1.88. The Bertz CT molecular complexity index is 977. The van der Waals surface area contributed by atoms with E-state index < -0.39 is 0 Å². The number of nitrogens with zero attached hydrogens (tertiary/aromatic N) is 1. The molecule has 4 heterocycles. The minimum atomic E-state index is -0.140. The lowest BCUT2D eigenvalue weighted by Gasteiger charge is -2.60. The quantitative estimate of drug-likeness (QED) is 0.497. The van der Waals surface area contributed by atoms with Gasteiger partial charge in [-0.05, 0) is 35.4 Å². The molecule has 0 fully saturated rings. The average molecular weight is 337 g/mol. The second-order valence-corrected chi connectivity index (χ2v) is 9.37. The second-order valence-electron chi connectivity index (χ2n) is 8.45. The minimum absolute atomic E-state index is 0.0274. The first-order chi connectivity index (χ1) is 11.3. The van der Waals surface area contributed by atoms with Crippen LogP contribution in [0.2, 0.25) is 0 Å². The van der Waals surface area contributed by atoms with E-state index in [1.54, 1.807) is 11.3 Å². The van der Waals surface area contributed by atoms with Crippen LogP contribution >= 0.6 is 11.3 Å². The zero-order valence-electron chi connectivity index (χ0n) is 14.9. The van der Waals surface area contributed by atoms with Gasteiger partial charge < -0.3 is 9.32 Å². The normalized spacial score (nSPS) is 26.3. The minimum Gasteiger partial charge on any atom is -0.457 e. The fourth-order valence-electron chi connectivity index (χ4n) is 4.98. The van der Waals surface area contributed by atoms with E-state index >= 15 is 0 Å². The maximum Gasteiger partial charge on any atom is 0.145 e. The molecule has 0 aliphatic carbocycles. The van der Waals surface area contributed by atoms with Crippen molar-refractivity contribution in [1.29, 1.82) is 0 Å². The van der Waals surface area contributed by atoms with E-state index in [1.807, 2.05) is 0 Å². The molecule has 2 aliphatic heterocycles. The zero-order chi connectivity index (χ0) is 16.9. The van der Waals surface area contributed by atoms with E-state index in [0.717, 1.165) is 12.1 Å². The van der Waals surface area contributed by atoms with Crippen LogP contribution in [0.4, 0.5) is 5.69 Å². The molecular formula is C21H23NOS. The lowest BCUT2D eigenvalue weighted by Crippen LogP contribution is -2.61. The van der Waals surface area contributed by atoms with Crippen LogP contribution in [0.3, 0.4) is 0 Å². The third-order valence-electron chi connectivity index (χ3n) is 7.34. The number of benzene rings is 1. The van der Waals surface area contributed by atoms with Crippen LogP contribution in [0.15, 0.2) is 40.1 Å². The molecule has 124 valence electrons. The summed E-state index contributed by atoms with van der Waals surface area (Å²) in [6, 6.07) is 11.0. The number of rotatable bonds is 0. The fraction of sp³-hybridized carbons (Fsp3) is 0.429. The Kier molecular flexibility index (Phi) is 2.48. The molecule has 2 nitrogen and oxygen atoms in total. The summed E-state index contributed by atoms with van der Waals surface area (Å²) >= 11 is 1.80. The summed E-state index contributed by atoms with van der Waals surface area (Å²) in [5.41, 5.74) is 5.19. The molecule has 2 aromatic heterocycles. The molecule has 0 saturated heterocycles. The van der Waals surface area contributed by atoms with Gasteiger partial charge in [0.15, 0.2) is 0 Å². The third kappa shape index (κ3) is 1.33. The number of furan rings is 1. The Morgan fingerprint density at radius 3 is 2.58 bits per heavy atom. The molecule has 3 heteroatoms. The zero-order valence-corrected chi connectivity index (χ0v) is 15.8. The number of hydrogen-bond acceptors (Lipinski definition) is 3. The Morgan fingerprint density at radius 2 is 1.79 bits per heavy atom. The van der Waals surface area contributed by atoms with Gasteiger partial charge in [0.1, 0.15) is 16.9 Å². The van der Waals surface area contributed by atoms with E-state index in [2.05, 4.69) is 75.2 Å². The van der Waals surface area contributed by atoms with Gasteiger partial charge in [0, 0.05) is 23.2 Å². The number of thiophene rings is 1. The highest BCUT2D eigenvalue weighted by molar-refractivity contribution is 7.17. The van der Waals surface area contributed by atoms with E-state index in [-0.39, 0.29) is 16.4 Å². The first-order valence-electron chi connectivity index (χ1n) is 8.66. The van der Waals surface area contributed by atoms with Crippen LogP contribution in [0.1, 0.15) is 51.5 Å². The Labute approximate surface area is 147 Å². The molecule has 0 amide bonds. The Hall–Kier alpha value is -1.74. The van der Waals surface area contributed by atoms with E-state index in [0.29, 0.717) is 0 Å². The van der Waals surface area contributed by atoms with Gasteiger partial charge >= 0.3 is 0 Å². The molecule has 0 saturated carbocycles. The smallest absolute Gasteiger partial charge is 0.145 e. The summed E-state index contributed by atoms with van der Waals surface area (Å²) in [6.45, 7) is 12.9. The number of para-hydroxylation sites is 1. The molecule has 0 radical (unpaired) electrons. The molecule has 24 heavy (non-hydrogen) atoms. The van der Waals surface area contributed by atoms with Crippen LogP contribution in [-0.2, 0) is 17.5 Å². The summed E-state index contributed by atoms with van der Waals surface area (Å²) in [4.78, 5) is 2.58. The number of anilines is 1. The topological polar surface area (TPSA) is 16.4 Å². The molecular weight excluding hydrogens is 314 g/mol. The maximum atomic E-state index is 6.44. The second kappa shape index (κ2) is 4.08. The van der Waals surface area contributed by atoms with Crippen molar-refractivity contribution in [2.75, 3.05) is 4.90 Å². The summed E-state index contributed by atoms with van der Waals surface area (Å²) in [7, 11) is 0. The lowest BCUT2D eigenvalue weighted by atomic mass is 9.52. The lowest BCUT2D eigenvalue weighted by molar-refractivity contribution is 0.0552. The number of hydrogen-bond donors (Lipinski definition) is 0. The standard InChI is InChI=1S/C21H23NOS/c1-19(2)14-8-6-7-9-15(14)22-12-13-17-16(10-11-24-17)23-18(13)21(22,5)20(19,3)4/h6-11H,12H2,1-5H3. The molecule has 2 aliphatic rings. The highest BCUT2D eigenvalue weighted by atomic mass is 32.1. The van der Waals surface area contributed by atoms with E-state index in [4.69, 9.17) is 4.42 Å². The largest absolute Gasteiger partial charge is 0.457 e. The first kappa shape index (κ1) is 14.6. The van der Waals surface area contributed by atoms with Crippen molar-refractivity contribution in [3.8, 4) is 0 Å². The summed E-state index contributed by atoms with van der Waals surface area (Å²) < 4.78 is 7.76. The first-order valence-corrected chi connectivity index (χ1v) is 9.54. The highest BCUT2D eigenvalue weighted by Crippen LogP contribution is 2.65. The van der Waals surface area contributed by atoms with Crippen molar-refractivity contribution >= 4 is 27.3 Å². The van der Waals surface area contributed by atoms with Crippen molar-refractivity contribution < 1.29 is 4.42 Å². The summed E-state index contributed by atoms with van der Waals surface area (Å²) in [5.74, 6) is 1.18. The van der Waals surface area contributed by atoms with Crippen LogP contribution in [0.25, 0.3) is 10.3 Å².